The fourth-order valence-electron chi connectivity index (χ4n) is 1.71. The van der Waals surface area contributed by atoms with Gasteiger partial charge in [-0.15, -0.1) is 0 Å². The predicted molar refractivity (Wildman–Crippen MR) is 60.5 cm³/mol. The quantitative estimate of drug-likeness (QED) is 0.631. The molecule has 0 aromatic carbocycles. The van der Waals surface area contributed by atoms with Crippen LogP contribution in [0.25, 0.3) is 22.7 Å². The van der Waals surface area contributed by atoms with Gasteiger partial charge in [-0.05, 0) is 6.07 Å². The van der Waals surface area contributed by atoms with Crippen LogP contribution in [0.3, 0.4) is 0 Å². The van der Waals surface area contributed by atoms with E-state index in [1.165, 1.54) is 6.33 Å². The first-order valence-electron chi connectivity index (χ1n) is 4.82. The summed E-state index contributed by atoms with van der Waals surface area (Å²) in [5.74, 6) is 0.745. The van der Waals surface area contributed by atoms with Crippen molar-refractivity contribution in [2.24, 2.45) is 7.05 Å². The first-order valence-corrected chi connectivity index (χ1v) is 4.82. The van der Waals surface area contributed by atoms with Gasteiger partial charge in [-0.1, -0.05) is 0 Å². The monoisotopic (exact) mass is 214 g/mol. The Kier molecular flexibility index (Phi) is 1.70. The van der Waals surface area contributed by atoms with Crippen molar-refractivity contribution < 1.29 is 0 Å². The highest BCUT2D eigenvalue weighted by molar-refractivity contribution is 5.74. The van der Waals surface area contributed by atoms with E-state index < -0.39 is 0 Å². The van der Waals surface area contributed by atoms with Gasteiger partial charge in [0.2, 0.25) is 0 Å². The molecule has 6 heteroatoms. The molecule has 0 aliphatic heterocycles. The van der Waals surface area contributed by atoms with Crippen LogP contribution in [0.2, 0.25) is 0 Å². The Morgan fingerprint density at radius 2 is 2.31 bits per heavy atom. The van der Waals surface area contributed by atoms with Crippen molar-refractivity contribution >= 4 is 16.9 Å². The molecular weight excluding hydrogens is 204 g/mol. The number of H-pyrrole nitrogens is 1. The number of nitrogens with two attached hydrogens (primary N) is 1. The largest absolute Gasteiger partial charge is 0.397 e. The Balaban J connectivity index is 2.22. The predicted octanol–water partition coefficient (Wildman–Crippen LogP) is 0.941. The molecular formula is C10H10N6. The van der Waals surface area contributed by atoms with Gasteiger partial charge < -0.3 is 15.3 Å². The molecule has 3 aromatic rings. The lowest BCUT2D eigenvalue weighted by atomic mass is 10.4. The van der Waals surface area contributed by atoms with E-state index in [0.29, 0.717) is 5.69 Å². The number of aromatic amines is 1. The summed E-state index contributed by atoms with van der Waals surface area (Å²) in [6.07, 6.45) is 5.01. The van der Waals surface area contributed by atoms with Gasteiger partial charge in [0.25, 0.3) is 0 Å². The Bertz CT molecular complexity index is 617. The summed E-state index contributed by atoms with van der Waals surface area (Å²) in [5, 5.41) is 0. The molecule has 0 aliphatic rings. The van der Waals surface area contributed by atoms with Crippen LogP contribution < -0.4 is 5.73 Å². The second kappa shape index (κ2) is 3.06. The maximum Gasteiger partial charge on any atom is 0.161 e. The van der Waals surface area contributed by atoms with Crippen LogP contribution in [-0.4, -0.2) is 24.5 Å². The smallest absolute Gasteiger partial charge is 0.161 e. The number of hydrogen-bond acceptors (Lipinski definition) is 4. The SMILES string of the molecule is Cn1cc(N)cc1-c1nc2cncnc2[nH]1. The third-order valence-corrected chi connectivity index (χ3v) is 2.43. The van der Waals surface area contributed by atoms with Crippen molar-refractivity contribution in [1.29, 1.82) is 0 Å². The lowest BCUT2D eigenvalue weighted by Gasteiger charge is -1.96. The highest BCUT2D eigenvalue weighted by atomic mass is 15.1. The molecule has 3 N–H and O–H groups in total. The molecule has 3 rings (SSSR count). The Labute approximate surface area is 91.2 Å². The summed E-state index contributed by atoms with van der Waals surface area (Å²) in [4.78, 5) is 15.5. The maximum absolute atomic E-state index is 5.72. The van der Waals surface area contributed by atoms with Crippen LogP contribution >= 0.6 is 0 Å². The van der Waals surface area contributed by atoms with Crippen LogP contribution in [0.4, 0.5) is 5.69 Å². The third-order valence-electron chi connectivity index (χ3n) is 2.43. The number of imidazole rings is 1. The average Bonchev–Trinajstić information content (AvgIpc) is 2.81. The molecule has 0 saturated carbocycles. The fourth-order valence-corrected chi connectivity index (χ4v) is 1.71. The molecule has 0 aliphatic carbocycles. The third kappa shape index (κ3) is 1.23. The zero-order valence-electron chi connectivity index (χ0n) is 8.68. The van der Waals surface area contributed by atoms with E-state index in [1.807, 2.05) is 23.9 Å². The van der Waals surface area contributed by atoms with Gasteiger partial charge in [0.15, 0.2) is 11.5 Å². The molecule has 6 nitrogen and oxygen atoms in total. The Morgan fingerprint density at radius 3 is 3.00 bits per heavy atom. The van der Waals surface area contributed by atoms with Crippen molar-refractivity contribution in [3.8, 4) is 11.5 Å². The Hall–Kier alpha value is -2.37. The first-order chi connectivity index (χ1) is 7.74. The van der Waals surface area contributed by atoms with Crippen LogP contribution in [0.15, 0.2) is 24.8 Å². The van der Waals surface area contributed by atoms with E-state index in [9.17, 15) is 0 Å². The molecule has 80 valence electrons. The van der Waals surface area contributed by atoms with Gasteiger partial charge in [-0.25, -0.2) is 15.0 Å². The van der Waals surface area contributed by atoms with Crippen molar-refractivity contribution in [3.05, 3.63) is 24.8 Å². The van der Waals surface area contributed by atoms with Gasteiger partial charge in [0, 0.05) is 13.2 Å². The molecule has 0 fully saturated rings. The van der Waals surface area contributed by atoms with E-state index in [0.717, 1.165) is 22.7 Å². The summed E-state index contributed by atoms with van der Waals surface area (Å²) >= 11 is 0. The van der Waals surface area contributed by atoms with Crippen molar-refractivity contribution in [2.75, 3.05) is 5.73 Å². The number of anilines is 1. The lowest BCUT2D eigenvalue weighted by molar-refractivity contribution is 0.928. The lowest BCUT2D eigenvalue weighted by Crippen LogP contribution is -1.90. The molecule has 0 amide bonds. The highest BCUT2D eigenvalue weighted by Gasteiger charge is 2.09. The molecule has 0 radical (unpaired) electrons. The van der Waals surface area contributed by atoms with Gasteiger partial charge in [0.05, 0.1) is 17.6 Å². The van der Waals surface area contributed by atoms with Crippen LogP contribution in [0.1, 0.15) is 0 Å². The molecule has 0 spiro atoms. The van der Waals surface area contributed by atoms with E-state index in [1.54, 1.807) is 6.20 Å². The van der Waals surface area contributed by atoms with Crippen molar-refractivity contribution in [2.45, 2.75) is 0 Å². The summed E-state index contributed by atoms with van der Waals surface area (Å²) in [5.41, 5.74) is 8.83. The van der Waals surface area contributed by atoms with Gasteiger partial charge in [-0.3, -0.25) is 0 Å². The fraction of sp³-hybridized carbons (Fsp3) is 0.100. The van der Waals surface area contributed by atoms with E-state index >= 15 is 0 Å². The van der Waals surface area contributed by atoms with Crippen LogP contribution in [0, 0.1) is 0 Å². The number of aryl methyl sites for hydroxylation is 1. The summed E-state index contributed by atoms with van der Waals surface area (Å²) in [6, 6.07) is 1.87. The number of hydrogen-bond donors (Lipinski definition) is 2. The summed E-state index contributed by atoms with van der Waals surface area (Å²) < 4.78 is 1.92. The normalized spacial score (nSPS) is 11.1. The maximum atomic E-state index is 5.72. The van der Waals surface area contributed by atoms with Crippen molar-refractivity contribution in [3.63, 3.8) is 0 Å². The summed E-state index contributed by atoms with van der Waals surface area (Å²) in [7, 11) is 1.92. The van der Waals surface area contributed by atoms with E-state index in [4.69, 9.17) is 5.73 Å². The standard InChI is InChI=1S/C10H10N6/c1-16-4-6(11)2-8(16)10-14-7-3-12-5-13-9(7)15-10/h2-5H,11H2,1H3,(H,12,13,14,15). The number of nitrogens with one attached hydrogen (secondary N) is 1. The second-order valence-electron chi connectivity index (χ2n) is 3.61. The number of rotatable bonds is 1. The van der Waals surface area contributed by atoms with Crippen LogP contribution in [0.5, 0.6) is 0 Å². The van der Waals surface area contributed by atoms with Gasteiger partial charge in [0.1, 0.15) is 11.8 Å². The molecule has 3 aromatic heterocycles. The molecule has 0 unspecified atom stereocenters. The number of nitrogens with zero attached hydrogens (tertiary/aromatic N) is 4. The molecule has 16 heavy (non-hydrogen) atoms. The number of fused-ring (bicyclic) bond motifs is 1. The first kappa shape index (κ1) is 8.90. The number of nitrogen functional groups attached to an aromatic ring is 1. The minimum atomic E-state index is 0.712. The van der Waals surface area contributed by atoms with Crippen molar-refractivity contribution in [1.82, 2.24) is 24.5 Å². The molecule has 0 saturated heterocycles. The van der Waals surface area contributed by atoms with Gasteiger partial charge >= 0.3 is 0 Å². The van der Waals surface area contributed by atoms with E-state index in [2.05, 4.69) is 19.9 Å². The van der Waals surface area contributed by atoms with Crippen LogP contribution in [-0.2, 0) is 7.05 Å². The highest BCUT2D eigenvalue weighted by Crippen LogP contribution is 2.21. The zero-order chi connectivity index (χ0) is 11.1. The minimum Gasteiger partial charge on any atom is -0.397 e. The molecule has 0 bridgehead atoms. The molecule has 3 heterocycles. The Morgan fingerprint density at radius 1 is 1.44 bits per heavy atom. The topological polar surface area (TPSA) is 85.4 Å². The van der Waals surface area contributed by atoms with Gasteiger partial charge in [-0.2, -0.15) is 0 Å². The minimum absolute atomic E-state index is 0.712. The molecule has 0 atom stereocenters. The summed E-state index contributed by atoms with van der Waals surface area (Å²) in [6.45, 7) is 0. The van der Waals surface area contributed by atoms with E-state index in [-0.39, 0.29) is 0 Å². The number of aromatic nitrogens is 5. The average molecular weight is 214 g/mol. The zero-order valence-corrected chi connectivity index (χ0v) is 8.68. The second-order valence-corrected chi connectivity index (χ2v) is 3.61.